The Morgan fingerprint density at radius 3 is 1.59 bits per heavy atom. The van der Waals surface area contributed by atoms with Gasteiger partial charge in [0, 0.05) is 43.9 Å². The third kappa shape index (κ3) is 5.70. The number of hydrogen-bond donors (Lipinski definition) is 0. The topological polar surface area (TPSA) is 42.7 Å². The van der Waals surface area contributed by atoms with Gasteiger partial charge in [-0.3, -0.25) is 0 Å². The van der Waals surface area contributed by atoms with Crippen molar-refractivity contribution >= 4 is 82.9 Å². The third-order valence-electron chi connectivity index (χ3n) is 12.7. The van der Waals surface area contributed by atoms with Crippen LogP contribution in [0.5, 0.6) is 0 Å². The van der Waals surface area contributed by atoms with Gasteiger partial charge in [0.1, 0.15) is 33.5 Å². The molecule has 0 saturated carbocycles. The van der Waals surface area contributed by atoms with Crippen LogP contribution >= 0.6 is 0 Å². The van der Waals surface area contributed by atoms with Gasteiger partial charge in [-0.25, -0.2) is 0 Å². The van der Waals surface area contributed by atoms with Crippen molar-refractivity contribution in [3.8, 4) is 44.5 Å². The highest BCUT2D eigenvalue weighted by molar-refractivity contribution is 6.23. The Kier molecular flexibility index (Phi) is 8.18. The molecule has 4 heteroatoms. The average molecular weight is 820 g/mol. The molecular formula is C60H37NO3. The second-order valence-electron chi connectivity index (χ2n) is 16.3. The van der Waals surface area contributed by atoms with Crippen LogP contribution in [0.25, 0.3) is 110 Å². The molecule has 0 amide bonds. The van der Waals surface area contributed by atoms with Crippen molar-refractivity contribution in [2.75, 3.05) is 4.90 Å². The summed E-state index contributed by atoms with van der Waals surface area (Å²) in [6, 6.07) is 79.0. The van der Waals surface area contributed by atoms with Crippen LogP contribution in [0, 0.1) is 0 Å². The molecule has 300 valence electrons. The first kappa shape index (κ1) is 36.1. The molecule has 3 aromatic heterocycles. The number of benzene rings is 10. The standard InChI is InChI=1S/C60H37NO3/c1-5-16-38(17-6-1)42-28-30-48-55(36-42)64-60-46(41-22-11-4-12-23-41)31-33-51(56(48)60)61(43-29-34-53-50(37-43)47-24-13-14-27-52(47)62-53)58-44(39-18-7-2-8-19-39)32-35-54-57(58)49-26-15-25-45(59(49)63-54)40-20-9-3-10-21-40/h1-37H. The van der Waals surface area contributed by atoms with E-state index in [2.05, 4.69) is 217 Å². The summed E-state index contributed by atoms with van der Waals surface area (Å²) in [4.78, 5) is 2.44. The Bertz CT molecular complexity index is 3880. The van der Waals surface area contributed by atoms with Crippen LogP contribution in [-0.2, 0) is 0 Å². The van der Waals surface area contributed by atoms with Crippen molar-refractivity contribution in [2.24, 2.45) is 0 Å². The van der Waals surface area contributed by atoms with Crippen LogP contribution in [0.4, 0.5) is 17.1 Å². The van der Waals surface area contributed by atoms with Crippen LogP contribution in [0.2, 0.25) is 0 Å². The summed E-state index contributed by atoms with van der Waals surface area (Å²) in [5.41, 5.74) is 16.6. The molecule has 10 aromatic carbocycles. The van der Waals surface area contributed by atoms with Gasteiger partial charge in [-0.05, 0) is 88.5 Å². The number of nitrogens with zero attached hydrogens (tertiary/aromatic N) is 1. The normalized spacial score (nSPS) is 11.8. The molecule has 0 fully saturated rings. The van der Waals surface area contributed by atoms with E-state index in [1.54, 1.807) is 0 Å². The molecule has 0 spiro atoms. The van der Waals surface area contributed by atoms with E-state index >= 15 is 0 Å². The molecule has 0 bridgehead atoms. The van der Waals surface area contributed by atoms with Crippen LogP contribution in [-0.4, -0.2) is 0 Å². The molecule has 0 saturated heterocycles. The van der Waals surface area contributed by atoms with Crippen LogP contribution in [0.15, 0.2) is 238 Å². The molecule has 0 radical (unpaired) electrons. The Balaban J connectivity index is 1.19. The van der Waals surface area contributed by atoms with E-state index in [0.29, 0.717) is 0 Å². The van der Waals surface area contributed by atoms with Gasteiger partial charge in [-0.2, -0.15) is 0 Å². The number of para-hydroxylation sites is 2. The van der Waals surface area contributed by atoms with Gasteiger partial charge in [-0.1, -0.05) is 164 Å². The lowest BCUT2D eigenvalue weighted by Crippen LogP contribution is -2.12. The van der Waals surface area contributed by atoms with Crippen molar-refractivity contribution < 1.29 is 13.3 Å². The lowest BCUT2D eigenvalue weighted by atomic mass is 9.95. The number of anilines is 3. The van der Waals surface area contributed by atoms with E-state index in [9.17, 15) is 0 Å². The van der Waals surface area contributed by atoms with Gasteiger partial charge in [0.2, 0.25) is 0 Å². The minimum absolute atomic E-state index is 0.801. The number of furan rings is 3. The van der Waals surface area contributed by atoms with E-state index in [1.807, 2.05) is 12.1 Å². The molecule has 4 nitrogen and oxygen atoms in total. The predicted molar refractivity (Wildman–Crippen MR) is 265 cm³/mol. The number of fused-ring (bicyclic) bond motifs is 9. The maximum atomic E-state index is 7.14. The highest BCUT2D eigenvalue weighted by atomic mass is 16.3. The second kappa shape index (κ2) is 14.5. The van der Waals surface area contributed by atoms with Crippen LogP contribution < -0.4 is 4.90 Å². The fraction of sp³-hybridized carbons (Fsp3) is 0. The van der Waals surface area contributed by atoms with Crippen molar-refractivity contribution in [3.05, 3.63) is 224 Å². The van der Waals surface area contributed by atoms with Gasteiger partial charge in [0.05, 0.1) is 22.1 Å². The quantitative estimate of drug-likeness (QED) is 0.161. The van der Waals surface area contributed by atoms with E-state index in [-0.39, 0.29) is 0 Å². The number of rotatable bonds is 7. The van der Waals surface area contributed by atoms with Gasteiger partial charge in [-0.15, -0.1) is 0 Å². The maximum Gasteiger partial charge on any atom is 0.145 e. The zero-order valence-electron chi connectivity index (χ0n) is 34.5. The van der Waals surface area contributed by atoms with Crippen molar-refractivity contribution in [3.63, 3.8) is 0 Å². The first-order valence-corrected chi connectivity index (χ1v) is 21.7. The highest BCUT2D eigenvalue weighted by Crippen LogP contribution is 2.53. The Morgan fingerprint density at radius 2 is 0.859 bits per heavy atom. The van der Waals surface area contributed by atoms with Crippen molar-refractivity contribution in [2.45, 2.75) is 0 Å². The first-order valence-electron chi connectivity index (χ1n) is 21.7. The molecule has 0 unspecified atom stereocenters. The van der Waals surface area contributed by atoms with Crippen LogP contribution in [0.3, 0.4) is 0 Å². The minimum atomic E-state index is 0.801. The minimum Gasteiger partial charge on any atom is -0.456 e. The zero-order chi connectivity index (χ0) is 42.1. The summed E-state index contributed by atoms with van der Waals surface area (Å²) in [6.07, 6.45) is 0. The first-order chi connectivity index (χ1) is 31.7. The monoisotopic (exact) mass is 819 g/mol. The molecule has 64 heavy (non-hydrogen) atoms. The molecule has 0 N–H and O–H groups in total. The smallest absolute Gasteiger partial charge is 0.145 e. The zero-order valence-corrected chi connectivity index (χ0v) is 34.5. The van der Waals surface area contributed by atoms with E-state index < -0.39 is 0 Å². The largest absolute Gasteiger partial charge is 0.456 e. The Labute approximate surface area is 368 Å². The third-order valence-corrected chi connectivity index (χ3v) is 12.7. The summed E-state index contributed by atoms with van der Waals surface area (Å²) in [5.74, 6) is 0. The molecule has 13 aromatic rings. The molecular weight excluding hydrogens is 783 g/mol. The molecule has 0 aliphatic heterocycles. The van der Waals surface area contributed by atoms with Crippen molar-refractivity contribution in [1.29, 1.82) is 0 Å². The van der Waals surface area contributed by atoms with E-state index in [1.165, 1.54) is 0 Å². The fourth-order valence-corrected chi connectivity index (χ4v) is 9.74. The number of hydrogen-bond acceptors (Lipinski definition) is 4. The molecule has 0 aliphatic carbocycles. The predicted octanol–water partition coefficient (Wildman–Crippen LogP) is 17.5. The summed E-state index contributed by atoms with van der Waals surface area (Å²) in [5, 5.41) is 6.20. The lowest BCUT2D eigenvalue weighted by molar-refractivity contribution is 0.668. The van der Waals surface area contributed by atoms with Gasteiger partial charge in [0.25, 0.3) is 0 Å². The lowest BCUT2D eigenvalue weighted by Gasteiger charge is -2.29. The van der Waals surface area contributed by atoms with Gasteiger partial charge < -0.3 is 18.2 Å². The maximum absolute atomic E-state index is 7.14. The molecule has 0 atom stereocenters. The van der Waals surface area contributed by atoms with E-state index in [0.717, 1.165) is 127 Å². The molecule has 0 aliphatic rings. The summed E-state index contributed by atoms with van der Waals surface area (Å²) in [7, 11) is 0. The second-order valence-corrected chi connectivity index (χ2v) is 16.3. The SMILES string of the molecule is c1ccc(-c2ccc3c(c2)oc2c(-c4ccccc4)ccc(N(c4ccc5oc6ccccc6c5c4)c4c(-c5ccccc5)ccc5oc6c(-c7ccccc7)cccc6c45)c23)cc1. The van der Waals surface area contributed by atoms with Gasteiger partial charge >= 0.3 is 0 Å². The van der Waals surface area contributed by atoms with Crippen molar-refractivity contribution in [1.82, 2.24) is 0 Å². The fourth-order valence-electron chi connectivity index (χ4n) is 9.74. The Hall–Kier alpha value is -8.60. The highest BCUT2D eigenvalue weighted by Gasteiger charge is 2.29. The summed E-state index contributed by atoms with van der Waals surface area (Å²) < 4.78 is 20.6. The molecule has 13 rings (SSSR count). The average Bonchev–Trinajstić information content (AvgIpc) is 4.07. The van der Waals surface area contributed by atoms with Crippen LogP contribution in [0.1, 0.15) is 0 Å². The van der Waals surface area contributed by atoms with Gasteiger partial charge in [0.15, 0.2) is 0 Å². The summed E-state index contributed by atoms with van der Waals surface area (Å²) >= 11 is 0. The summed E-state index contributed by atoms with van der Waals surface area (Å²) in [6.45, 7) is 0. The molecule has 3 heterocycles. The Morgan fingerprint density at radius 1 is 0.281 bits per heavy atom. The van der Waals surface area contributed by atoms with E-state index in [4.69, 9.17) is 13.3 Å².